The summed E-state index contributed by atoms with van der Waals surface area (Å²) in [5.74, 6) is -0.629. The van der Waals surface area contributed by atoms with Crippen molar-refractivity contribution in [1.29, 1.82) is 0 Å². The summed E-state index contributed by atoms with van der Waals surface area (Å²) in [6, 6.07) is 9.93. The summed E-state index contributed by atoms with van der Waals surface area (Å²) in [7, 11) is 0. The molecule has 4 aromatic rings. The SMILES string of the molecule is CC(C)(C)OC(=O)N1CCC2(CCC(c3nc(-c4cc(-c5ccon5)n(Cc5ccccc5F)n4)ncc3F)C2)C1. The van der Waals surface area contributed by atoms with E-state index < -0.39 is 11.4 Å². The van der Waals surface area contributed by atoms with Crippen LogP contribution in [0.25, 0.3) is 22.9 Å². The zero-order valence-electron chi connectivity index (χ0n) is 23.3. The maximum Gasteiger partial charge on any atom is 0.410 e. The summed E-state index contributed by atoms with van der Waals surface area (Å²) in [6.45, 7) is 6.95. The molecule has 1 saturated carbocycles. The third kappa shape index (κ3) is 5.57. The van der Waals surface area contributed by atoms with Gasteiger partial charge in [-0.05, 0) is 64.0 Å². The van der Waals surface area contributed by atoms with Crippen LogP contribution in [0.5, 0.6) is 0 Å². The Bertz CT molecular complexity index is 1560. The molecule has 2 aliphatic rings. The van der Waals surface area contributed by atoms with Crippen molar-refractivity contribution in [3.63, 3.8) is 0 Å². The van der Waals surface area contributed by atoms with Crippen molar-refractivity contribution in [2.75, 3.05) is 13.1 Å². The van der Waals surface area contributed by atoms with Crippen LogP contribution in [0.2, 0.25) is 0 Å². The number of carbonyl (C=O) groups excluding carboxylic acids is 1. The molecule has 1 aromatic carbocycles. The van der Waals surface area contributed by atoms with E-state index >= 15 is 4.39 Å². The van der Waals surface area contributed by atoms with Gasteiger partial charge in [-0.2, -0.15) is 5.10 Å². The summed E-state index contributed by atoms with van der Waals surface area (Å²) in [5, 5.41) is 8.69. The largest absolute Gasteiger partial charge is 0.444 e. The van der Waals surface area contributed by atoms with Crippen LogP contribution in [-0.4, -0.2) is 54.6 Å². The Hall–Kier alpha value is -4.15. The monoisotopic (exact) mass is 562 g/mol. The lowest BCUT2D eigenvalue weighted by molar-refractivity contribution is 0.0273. The average molecular weight is 563 g/mol. The number of carbonyl (C=O) groups is 1. The van der Waals surface area contributed by atoms with Crippen LogP contribution in [0.3, 0.4) is 0 Å². The average Bonchev–Trinajstić information content (AvgIpc) is 3.73. The second-order valence-electron chi connectivity index (χ2n) is 12.1. The van der Waals surface area contributed by atoms with Gasteiger partial charge in [-0.15, -0.1) is 0 Å². The highest BCUT2D eigenvalue weighted by Crippen LogP contribution is 2.52. The van der Waals surface area contributed by atoms with E-state index in [-0.39, 0.29) is 35.6 Å². The summed E-state index contributed by atoms with van der Waals surface area (Å²) in [5.41, 5.74) is 1.72. The van der Waals surface area contributed by atoms with Gasteiger partial charge in [0, 0.05) is 30.6 Å². The zero-order chi connectivity index (χ0) is 28.8. The molecule has 2 fully saturated rings. The van der Waals surface area contributed by atoms with E-state index in [1.807, 2.05) is 20.8 Å². The molecule has 2 unspecified atom stereocenters. The van der Waals surface area contributed by atoms with Gasteiger partial charge in [0.05, 0.1) is 24.1 Å². The van der Waals surface area contributed by atoms with Crippen LogP contribution in [0.1, 0.15) is 63.6 Å². The van der Waals surface area contributed by atoms with Crippen molar-refractivity contribution in [2.24, 2.45) is 5.41 Å². The lowest BCUT2D eigenvalue weighted by Crippen LogP contribution is -2.36. The number of nitrogens with zero attached hydrogens (tertiary/aromatic N) is 6. The molecule has 1 spiro atoms. The second kappa shape index (κ2) is 10.4. The highest BCUT2D eigenvalue weighted by Gasteiger charge is 2.47. The number of benzene rings is 1. The molecule has 2 atom stereocenters. The molecule has 1 aliphatic carbocycles. The van der Waals surface area contributed by atoms with Gasteiger partial charge < -0.3 is 14.2 Å². The fourth-order valence-corrected chi connectivity index (χ4v) is 6.00. The van der Waals surface area contributed by atoms with Gasteiger partial charge in [0.1, 0.15) is 29.1 Å². The lowest BCUT2D eigenvalue weighted by atomic mass is 9.84. The van der Waals surface area contributed by atoms with Crippen molar-refractivity contribution < 1.29 is 22.8 Å². The third-order valence-electron chi connectivity index (χ3n) is 7.94. The number of ether oxygens (including phenoxy) is 1. The van der Waals surface area contributed by atoms with E-state index in [0.717, 1.165) is 25.7 Å². The van der Waals surface area contributed by atoms with Crippen LogP contribution in [0, 0.1) is 17.0 Å². The van der Waals surface area contributed by atoms with E-state index in [1.165, 1.54) is 18.5 Å². The number of aromatic nitrogens is 5. The van der Waals surface area contributed by atoms with Crippen LogP contribution in [-0.2, 0) is 11.3 Å². The van der Waals surface area contributed by atoms with E-state index in [9.17, 15) is 9.18 Å². The summed E-state index contributed by atoms with van der Waals surface area (Å²) in [4.78, 5) is 23.3. The minimum Gasteiger partial charge on any atom is -0.444 e. The first-order valence-electron chi connectivity index (χ1n) is 13.8. The molecule has 0 radical (unpaired) electrons. The molecule has 1 aliphatic heterocycles. The number of amides is 1. The molecule has 1 amide bonds. The smallest absolute Gasteiger partial charge is 0.410 e. The van der Waals surface area contributed by atoms with Gasteiger partial charge in [-0.25, -0.2) is 23.5 Å². The predicted molar refractivity (Wildman–Crippen MR) is 146 cm³/mol. The Kier molecular flexibility index (Phi) is 6.83. The number of hydrogen-bond donors (Lipinski definition) is 0. The first kappa shape index (κ1) is 27.0. The first-order chi connectivity index (χ1) is 19.6. The minimum absolute atomic E-state index is 0.0828. The van der Waals surface area contributed by atoms with Crippen LogP contribution < -0.4 is 0 Å². The zero-order valence-corrected chi connectivity index (χ0v) is 23.3. The molecule has 6 rings (SSSR count). The topological polar surface area (TPSA) is 99.2 Å². The van der Waals surface area contributed by atoms with E-state index in [0.29, 0.717) is 41.4 Å². The fraction of sp³-hybridized carbons (Fsp3) is 0.433. The van der Waals surface area contributed by atoms with Gasteiger partial charge in [-0.1, -0.05) is 23.4 Å². The van der Waals surface area contributed by atoms with Gasteiger partial charge in [0.2, 0.25) is 0 Å². The van der Waals surface area contributed by atoms with Crippen molar-refractivity contribution in [1.82, 2.24) is 29.8 Å². The molecule has 9 nitrogen and oxygen atoms in total. The molecule has 41 heavy (non-hydrogen) atoms. The molecule has 214 valence electrons. The number of halogens is 2. The summed E-state index contributed by atoms with van der Waals surface area (Å²) >= 11 is 0. The van der Waals surface area contributed by atoms with Gasteiger partial charge in [0.25, 0.3) is 0 Å². The Morgan fingerprint density at radius 1 is 1.15 bits per heavy atom. The van der Waals surface area contributed by atoms with Crippen molar-refractivity contribution >= 4 is 6.09 Å². The van der Waals surface area contributed by atoms with Crippen LogP contribution in [0.15, 0.2) is 53.4 Å². The standard InChI is InChI=1S/C30H32F2N6O3/c1-29(2,3)41-28(39)37-12-11-30(18-37)10-8-19(15-30)26-22(32)16-33-27(34-26)24-14-25(23-9-13-40-36-23)38(35-24)17-20-6-4-5-7-21(20)31/h4-7,9,13-14,16,19H,8,10-12,15,17-18H2,1-3H3. The van der Waals surface area contributed by atoms with Crippen molar-refractivity contribution in [2.45, 2.75) is 64.5 Å². The molecular weight excluding hydrogens is 530 g/mol. The van der Waals surface area contributed by atoms with E-state index in [4.69, 9.17) is 9.26 Å². The Morgan fingerprint density at radius 3 is 2.73 bits per heavy atom. The van der Waals surface area contributed by atoms with E-state index in [1.54, 1.807) is 39.9 Å². The molecule has 1 saturated heterocycles. The fourth-order valence-electron chi connectivity index (χ4n) is 6.00. The molecular formula is C30H32F2N6O3. The van der Waals surface area contributed by atoms with Crippen molar-refractivity contribution in [3.05, 3.63) is 71.8 Å². The number of likely N-dealkylation sites (tertiary alicyclic amines) is 1. The Morgan fingerprint density at radius 2 is 1.98 bits per heavy atom. The Labute approximate surface area is 236 Å². The number of rotatable bonds is 5. The Balaban J connectivity index is 1.25. The lowest BCUT2D eigenvalue weighted by Gasteiger charge is -2.27. The molecule has 0 N–H and O–H groups in total. The molecule has 3 aromatic heterocycles. The first-order valence-corrected chi connectivity index (χ1v) is 13.8. The third-order valence-corrected chi connectivity index (χ3v) is 7.94. The molecule has 0 bridgehead atoms. The van der Waals surface area contributed by atoms with Crippen molar-refractivity contribution in [3.8, 4) is 22.9 Å². The highest BCUT2D eigenvalue weighted by molar-refractivity contribution is 5.68. The maximum absolute atomic E-state index is 15.1. The quantitative estimate of drug-likeness (QED) is 0.285. The van der Waals surface area contributed by atoms with Gasteiger partial charge >= 0.3 is 6.09 Å². The number of hydrogen-bond acceptors (Lipinski definition) is 7. The maximum atomic E-state index is 15.1. The van der Waals surface area contributed by atoms with Gasteiger partial charge in [0.15, 0.2) is 11.6 Å². The van der Waals surface area contributed by atoms with Crippen LogP contribution >= 0.6 is 0 Å². The molecule has 11 heteroatoms. The summed E-state index contributed by atoms with van der Waals surface area (Å²) in [6.07, 6.45) is 5.56. The minimum atomic E-state index is -0.554. The predicted octanol–water partition coefficient (Wildman–Crippen LogP) is 6.22. The summed E-state index contributed by atoms with van der Waals surface area (Å²) < 4.78 is 41.8. The second-order valence-corrected chi connectivity index (χ2v) is 12.1. The van der Waals surface area contributed by atoms with Gasteiger partial charge in [-0.3, -0.25) is 4.68 Å². The van der Waals surface area contributed by atoms with Crippen LogP contribution in [0.4, 0.5) is 13.6 Å². The normalized spacial score (nSPS) is 20.7. The highest BCUT2D eigenvalue weighted by atomic mass is 19.1. The van der Waals surface area contributed by atoms with E-state index in [2.05, 4.69) is 20.2 Å². The molecule has 4 heterocycles.